The number of alkyl halides is 2. The smallest absolute Gasteiger partial charge is 0.315 e. The SMILES string of the molecule is Cn1cnnc1C(F)(F)c1cccc(Br)c1. The molecule has 0 saturated carbocycles. The van der Waals surface area contributed by atoms with Gasteiger partial charge in [0.15, 0.2) is 0 Å². The average Bonchev–Trinajstić information content (AvgIpc) is 2.65. The van der Waals surface area contributed by atoms with E-state index in [9.17, 15) is 8.78 Å². The maximum Gasteiger partial charge on any atom is 0.331 e. The van der Waals surface area contributed by atoms with Gasteiger partial charge in [-0.05, 0) is 12.1 Å². The van der Waals surface area contributed by atoms with E-state index in [2.05, 4.69) is 26.1 Å². The molecule has 0 spiro atoms. The highest BCUT2D eigenvalue weighted by atomic mass is 79.9. The van der Waals surface area contributed by atoms with Crippen molar-refractivity contribution in [1.82, 2.24) is 14.8 Å². The highest BCUT2D eigenvalue weighted by Gasteiger charge is 2.38. The van der Waals surface area contributed by atoms with E-state index in [-0.39, 0.29) is 11.4 Å². The Hall–Kier alpha value is -1.30. The van der Waals surface area contributed by atoms with E-state index in [1.54, 1.807) is 12.1 Å². The molecule has 0 amide bonds. The van der Waals surface area contributed by atoms with Crippen LogP contribution in [0.3, 0.4) is 0 Å². The van der Waals surface area contributed by atoms with Crippen molar-refractivity contribution in [1.29, 1.82) is 0 Å². The first-order valence-corrected chi connectivity index (χ1v) is 5.29. The second kappa shape index (κ2) is 3.93. The second-order valence-corrected chi connectivity index (χ2v) is 4.27. The van der Waals surface area contributed by atoms with Gasteiger partial charge in [-0.3, -0.25) is 0 Å². The first-order valence-electron chi connectivity index (χ1n) is 4.50. The Labute approximate surface area is 99.2 Å². The average molecular weight is 288 g/mol. The van der Waals surface area contributed by atoms with E-state index in [0.717, 1.165) is 0 Å². The third-order valence-electron chi connectivity index (χ3n) is 2.18. The molecule has 0 N–H and O–H groups in total. The zero-order valence-corrected chi connectivity index (χ0v) is 9.95. The van der Waals surface area contributed by atoms with Crippen LogP contribution in [-0.4, -0.2) is 14.8 Å². The standard InChI is InChI=1S/C10H8BrF2N3/c1-16-6-14-15-9(16)10(12,13)7-3-2-4-8(11)5-7/h2-6H,1H3. The van der Waals surface area contributed by atoms with E-state index in [1.807, 2.05) is 0 Å². The van der Waals surface area contributed by atoms with Crippen molar-refractivity contribution in [2.45, 2.75) is 5.92 Å². The van der Waals surface area contributed by atoms with Crippen molar-refractivity contribution in [3.8, 4) is 0 Å². The summed E-state index contributed by atoms with van der Waals surface area (Å²) in [5, 5.41) is 6.90. The molecule has 0 aliphatic heterocycles. The van der Waals surface area contributed by atoms with Gasteiger partial charge < -0.3 is 4.57 Å². The summed E-state index contributed by atoms with van der Waals surface area (Å²) in [6, 6.07) is 5.98. The van der Waals surface area contributed by atoms with Crippen LogP contribution in [0, 0.1) is 0 Å². The topological polar surface area (TPSA) is 30.7 Å². The minimum Gasteiger partial charge on any atom is -0.315 e. The number of hydrogen-bond donors (Lipinski definition) is 0. The minimum absolute atomic E-state index is 0.113. The van der Waals surface area contributed by atoms with Crippen LogP contribution in [0.15, 0.2) is 35.1 Å². The zero-order chi connectivity index (χ0) is 11.8. The summed E-state index contributed by atoms with van der Waals surface area (Å²) < 4.78 is 29.8. The third-order valence-corrected chi connectivity index (χ3v) is 2.67. The number of rotatable bonds is 2. The van der Waals surface area contributed by atoms with E-state index in [0.29, 0.717) is 4.47 Å². The van der Waals surface area contributed by atoms with Crippen LogP contribution < -0.4 is 0 Å². The molecule has 0 aliphatic rings. The van der Waals surface area contributed by atoms with Crippen LogP contribution in [0.2, 0.25) is 0 Å². The largest absolute Gasteiger partial charge is 0.331 e. The first kappa shape index (κ1) is 11.2. The predicted molar refractivity (Wildman–Crippen MR) is 58.1 cm³/mol. The molecule has 84 valence electrons. The van der Waals surface area contributed by atoms with Gasteiger partial charge in [-0.1, -0.05) is 28.1 Å². The van der Waals surface area contributed by atoms with Gasteiger partial charge in [0, 0.05) is 17.1 Å². The fourth-order valence-electron chi connectivity index (χ4n) is 1.38. The van der Waals surface area contributed by atoms with E-state index < -0.39 is 5.92 Å². The Balaban J connectivity index is 2.51. The lowest BCUT2D eigenvalue weighted by Gasteiger charge is -2.15. The maximum absolute atomic E-state index is 14.0. The molecule has 0 unspecified atom stereocenters. The molecule has 0 saturated heterocycles. The highest BCUT2D eigenvalue weighted by molar-refractivity contribution is 9.10. The number of aromatic nitrogens is 3. The van der Waals surface area contributed by atoms with Gasteiger partial charge >= 0.3 is 5.92 Å². The summed E-state index contributed by atoms with van der Waals surface area (Å²) in [4.78, 5) is 0. The highest BCUT2D eigenvalue weighted by Crippen LogP contribution is 2.34. The van der Waals surface area contributed by atoms with Crippen molar-refractivity contribution >= 4 is 15.9 Å². The fraction of sp³-hybridized carbons (Fsp3) is 0.200. The van der Waals surface area contributed by atoms with Crippen LogP contribution in [0.25, 0.3) is 0 Å². The quantitative estimate of drug-likeness (QED) is 0.850. The molecular formula is C10H8BrF2N3. The molecular weight excluding hydrogens is 280 g/mol. The summed E-state index contributed by atoms with van der Waals surface area (Å²) in [6.45, 7) is 0. The van der Waals surface area contributed by atoms with Crippen LogP contribution >= 0.6 is 15.9 Å². The van der Waals surface area contributed by atoms with Crippen molar-refractivity contribution in [2.24, 2.45) is 7.05 Å². The molecule has 16 heavy (non-hydrogen) atoms. The van der Waals surface area contributed by atoms with Crippen molar-refractivity contribution in [3.05, 3.63) is 46.5 Å². The molecule has 1 heterocycles. The van der Waals surface area contributed by atoms with Crippen LogP contribution in [0.4, 0.5) is 8.78 Å². The maximum atomic E-state index is 14.0. The molecule has 0 fully saturated rings. The number of hydrogen-bond acceptors (Lipinski definition) is 2. The third kappa shape index (κ3) is 1.84. The second-order valence-electron chi connectivity index (χ2n) is 3.35. The normalized spacial score (nSPS) is 11.8. The Kier molecular flexibility index (Phi) is 2.75. The number of aryl methyl sites for hydroxylation is 1. The predicted octanol–water partition coefficient (Wildman–Crippen LogP) is 2.72. The lowest BCUT2D eigenvalue weighted by atomic mass is 10.1. The van der Waals surface area contributed by atoms with Gasteiger partial charge in [0.2, 0.25) is 5.82 Å². The molecule has 6 heteroatoms. The molecule has 0 radical (unpaired) electrons. The van der Waals surface area contributed by atoms with Crippen LogP contribution in [0.1, 0.15) is 11.4 Å². The molecule has 0 aliphatic carbocycles. The van der Waals surface area contributed by atoms with Gasteiger partial charge in [0.1, 0.15) is 6.33 Å². The molecule has 3 nitrogen and oxygen atoms in total. The summed E-state index contributed by atoms with van der Waals surface area (Å²) in [5.74, 6) is -3.51. The van der Waals surface area contributed by atoms with Gasteiger partial charge in [-0.25, -0.2) is 0 Å². The van der Waals surface area contributed by atoms with Crippen LogP contribution in [-0.2, 0) is 13.0 Å². The van der Waals surface area contributed by atoms with Crippen LogP contribution in [0.5, 0.6) is 0 Å². The Morgan fingerprint density at radius 2 is 2.12 bits per heavy atom. The van der Waals surface area contributed by atoms with Crippen molar-refractivity contribution in [2.75, 3.05) is 0 Å². The summed E-state index contributed by atoms with van der Waals surface area (Å²) in [5.41, 5.74) is -0.113. The number of benzene rings is 1. The molecule has 2 aromatic rings. The summed E-state index contributed by atoms with van der Waals surface area (Å²) in [6.07, 6.45) is 1.25. The van der Waals surface area contributed by atoms with Crippen molar-refractivity contribution in [3.63, 3.8) is 0 Å². The van der Waals surface area contributed by atoms with E-state index in [4.69, 9.17) is 0 Å². The van der Waals surface area contributed by atoms with E-state index in [1.165, 1.54) is 30.1 Å². The molecule has 1 aromatic carbocycles. The van der Waals surface area contributed by atoms with Gasteiger partial charge in [-0.2, -0.15) is 8.78 Å². The lowest BCUT2D eigenvalue weighted by molar-refractivity contribution is 0.0295. The molecule has 0 bridgehead atoms. The Bertz CT molecular complexity index is 510. The molecule has 2 rings (SSSR count). The van der Waals surface area contributed by atoms with Gasteiger partial charge in [0.05, 0.1) is 0 Å². The van der Waals surface area contributed by atoms with Crippen molar-refractivity contribution < 1.29 is 8.78 Å². The monoisotopic (exact) mass is 287 g/mol. The Morgan fingerprint density at radius 3 is 2.69 bits per heavy atom. The summed E-state index contributed by atoms with van der Waals surface area (Å²) in [7, 11) is 1.49. The number of halogens is 3. The Morgan fingerprint density at radius 1 is 1.38 bits per heavy atom. The first-order chi connectivity index (χ1) is 7.51. The molecule has 1 aromatic heterocycles. The number of nitrogens with zero attached hydrogens (tertiary/aromatic N) is 3. The van der Waals surface area contributed by atoms with Gasteiger partial charge in [-0.15, -0.1) is 10.2 Å². The minimum atomic E-state index is -3.14. The summed E-state index contributed by atoms with van der Waals surface area (Å²) >= 11 is 3.16. The van der Waals surface area contributed by atoms with E-state index >= 15 is 0 Å². The van der Waals surface area contributed by atoms with Gasteiger partial charge in [0.25, 0.3) is 0 Å². The lowest BCUT2D eigenvalue weighted by Crippen LogP contribution is -2.20. The molecule has 0 atom stereocenters. The fourth-order valence-corrected chi connectivity index (χ4v) is 1.78. The zero-order valence-electron chi connectivity index (χ0n) is 8.36.